The van der Waals surface area contributed by atoms with Gasteiger partial charge in [0.25, 0.3) is 0 Å². The molecule has 0 N–H and O–H groups in total. The van der Waals surface area contributed by atoms with E-state index in [0.717, 1.165) is 4.90 Å². The van der Waals surface area contributed by atoms with Crippen molar-refractivity contribution in [3.05, 3.63) is 11.7 Å². The highest BCUT2D eigenvalue weighted by Crippen LogP contribution is 2.27. The first-order valence-corrected chi connectivity index (χ1v) is 3.09. The first-order valence-electron chi connectivity index (χ1n) is 3.09. The lowest BCUT2D eigenvalue weighted by Crippen LogP contribution is -2.20. The first kappa shape index (κ1) is 7.31. The van der Waals surface area contributed by atoms with Gasteiger partial charge in [0, 0.05) is 13.5 Å². The normalized spacial score (nSPS) is 25.6. The Kier molecular flexibility index (Phi) is 1.78. The molecule has 0 radical (unpaired) electrons. The average Bonchev–Trinajstić information content (AvgIpc) is 2.17. The predicted octanol–water partition coefficient (Wildman–Crippen LogP) is 1.75. The molecule has 10 heavy (non-hydrogen) atoms. The molecule has 58 valence electrons. The summed E-state index contributed by atoms with van der Waals surface area (Å²) in [4.78, 5) is 0.818. The van der Waals surface area contributed by atoms with E-state index in [1.54, 1.807) is 6.92 Å². The van der Waals surface area contributed by atoms with Gasteiger partial charge in [0.2, 0.25) is 5.95 Å². The molecule has 1 aliphatic heterocycles. The van der Waals surface area contributed by atoms with Crippen LogP contribution in [0.25, 0.3) is 0 Å². The van der Waals surface area contributed by atoms with Gasteiger partial charge in [-0.3, -0.25) is 4.90 Å². The summed E-state index contributed by atoms with van der Waals surface area (Å²) in [5.41, 5.74) is 0. The first-order chi connectivity index (χ1) is 4.66. The van der Waals surface area contributed by atoms with Crippen molar-refractivity contribution in [2.24, 2.45) is 0 Å². The van der Waals surface area contributed by atoms with E-state index in [4.69, 9.17) is 0 Å². The number of ether oxygens (including phenoxy) is 1. The Labute approximate surface area is 58.1 Å². The van der Waals surface area contributed by atoms with Crippen molar-refractivity contribution in [3.8, 4) is 0 Å². The largest absolute Gasteiger partial charge is 0.443 e. The standard InChI is InChI=1S/C6H9F2NO/c1-3-4-5(7)9(2)6(8)10-4/h6H,3H2,1-2H3. The Hall–Kier alpha value is -0.800. The zero-order valence-electron chi connectivity index (χ0n) is 5.90. The fourth-order valence-electron chi connectivity index (χ4n) is 0.760. The van der Waals surface area contributed by atoms with Gasteiger partial charge in [-0.25, -0.2) is 0 Å². The van der Waals surface area contributed by atoms with Crippen LogP contribution in [0.3, 0.4) is 0 Å². The third kappa shape index (κ3) is 0.936. The minimum atomic E-state index is -1.64. The van der Waals surface area contributed by atoms with Gasteiger partial charge < -0.3 is 4.74 Å². The van der Waals surface area contributed by atoms with Gasteiger partial charge >= 0.3 is 6.48 Å². The van der Waals surface area contributed by atoms with Crippen LogP contribution in [0.2, 0.25) is 0 Å². The molecule has 0 aromatic rings. The fraction of sp³-hybridized carbons (Fsp3) is 0.667. The number of halogens is 2. The number of hydrogen-bond donors (Lipinski definition) is 0. The van der Waals surface area contributed by atoms with Crippen LogP contribution in [-0.2, 0) is 4.74 Å². The molecule has 0 saturated heterocycles. The fourth-order valence-corrected chi connectivity index (χ4v) is 0.760. The van der Waals surface area contributed by atoms with E-state index in [-0.39, 0.29) is 5.76 Å². The molecule has 0 spiro atoms. The average molecular weight is 149 g/mol. The van der Waals surface area contributed by atoms with Gasteiger partial charge in [-0.1, -0.05) is 6.92 Å². The lowest BCUT2D eigenvalue weighted by atomic mass is 10.4. The smallest absolute Gasteiger partial charge is 0.322 e. The Bertz CT molecular complexity index is 169. The zero-order chi connectivity index (χ0) is 7.72. The van der Waals surface area contributed by atoms with E-state index in [0.29, 0.717) is 6.42 Å². The molecule has 1 heterocycles. The number of alkyl halides is 1. The minimum absolute atomic E-state index is 0.0926. The van der Waals surface area contributed by atoms with E-state index in [1.165, 1.54) is 7.05 Å². The highest BCUT2D eigenvalue weighted by Gasteiger charge is 2.29. The molecule has 1 unspecified atom stereocenters. The molecule has 0 bridgehead atoms. The van der Waals surface area contributed by atoms with Gasteiger partial charge in [-0.15, -0.1) is 0 Å². The second-order valence-corrected chi connectivity index (χ2v) is 2.09. The molecule has 0 aliphatic carbocycles. The molecule has 0 saturated carbocycles. The molecule has 0 amide bonds. The third-order valence-corrected chi connectivity index (χ3v) is 1.40. The van der Waals surface area contributed by atoms with Crippen LogP contribution in [-0.4, -0.2) is 18.4 Å². The van der Waals surface area contributed by atoms with Crippen LogP contribution >= 0.6 is 0 Å². The summed E-state index contributed by atoms with van der Waals surface area (Å²) in [6, 6.07) is 0. The second-order valence-electron chi connectivity index (χ2n) is 2.09. The molecule has 0 aromatic carbocycles. The van der Waals surface area contributed by atoms with E-state index in [9.17, 15) is 8.78 Å². The molecule has 4 heteroatoms. The molecule has 2 nitrogen and oxygen atoms in total. The molecular formula is C6H9F2NO. The van der Waals surface area contributed by atoms with E-state index in [1.807, 2.05) is 0 Å². The van der Waals surface area contributed by atoms with Crippen molar-refractivity contribution in [1.82, 2.24) is 4.90 Å². The van der Waals surface area contributed by atoms with E-state index >= 15 is 0 Å². The van der Waals surface area contributed by atoms with Crippen molar-refractivity contribution in [2.45, 2.75) is 19.8 Å². The number of hydrogen-bond acceptors (Lipinski definition) is 2. The topological polar surface area (TPSA) is 12.5 Å². The maximum absolute atomic E-state index is 12.7. The Morgan fingerprint density at radius 3 is 2.50 bits per heavy atom. The number of allylic oxidation sites excluding steroid dienone is 1. The minimum Gasteiger partial charge on any atom is -0.443 e. The van der Waals surface area contributed by atoms with Crippen LogP contribution < -0.4 is 0 Å². The Balaban J connectivity index is 2.73. The zero-order valence-corrected chi connectivity index (χ0v) is 5.90. The van der Waals surface area contributed by atoms with Gasteiger partial charge in [0.1, 0.15) is 0 Å². The summed E-state index contributed by atoms with van der Waals surface area (Å²) in [6.45, 7) is 0.0656. The van der Waals surface area contributed by atoms with Crippen molar-refractivity contribution in [1.29, 1.82) is 0 Å². The number of nitrogens with zero attached hydrogens (tertiary/aromatic N) is 1. The Morgan fingerprint density at radius 1 is 1.70 bits per heavy atom. The lowest BCUT2D eigenvalue weighted by molar-refractivity contribution is -0.0593. The third-order valence-electron chi connectivity index (χ3n) is 1.40. The molecule has 1 aliphatic rings. The van der Waals surface area contributed by atoms with Crippen LogP contribution in [0.1, 0.15) is 13.3 Å². The van der Waals surface area contributed by atoms with Crippen molar-refractivity contribution >= 4 is 0 Å². The van der Waals surface area contributed by atoms with Crippen LogP contribution in [0.4, 0.5) is 8.78 Å². The monoisotopic (exact) mass is 149 g/mol. The van der Waals surface area contributed by atoms with Crippen LogP contribution in [0, 0.1) is 0 Å². The highest BCUT2D eigenvalue weighted by molar-refractivity contribution is 5.03. The van der Waals surface area contributed by atoms with Gasteiger partial charge in [0.15, 0.2) is 5.76 Å². The highest BCUT2D eigenvalue weighted by atomic mass is 19.2. The lowest BCUT2D eigenvalue weighted by Gasteiger charge is -2.10. The SMILES string of the molecule is CCC1=C(F)N(C)C(F)O1. The molecular weight excluding hydrogens is 140 g/mol. The summed E-state index contributed by atoms with van der Waals surface area (Å²) in [7, 11) is 1.31. The molecule has 0 fully saturated rings. The summed E-state index contributed by atoms with van der Waals surface area (Å²) in [5.74, 6) is -0.509. The summed E-state index contributed by atoms with van der Waals surface area (Å²) >= 11 is 0. The summed E-state index contributed by atoms with van der Waals surface area (Å²) < 4.78 is 29.6. The van der Waals surface area contributed by atoms with Crippen molar-refractivity contribution in [3.63, 3.8) is 0 Å². The number of rotatable bonds is 1. The van der Waals surface area contributed by atoms with Crippen LogP contribution in [0.15, 0.2) is 11.7 Å². The van der Waals surface area contributed by atoms with Crippen molar-refractivity contribution < 1.29 is 13.5 Å². The summed E-state index contributed by atoms with van der Waals surface area (Å²) in [5, 5.41) is 0. The van der Waals surface area contributed by atoms with Gasteiger partial charge in [0.05, 0.1) is 0 Å². The van der Waals surface area contributed by atoms with Gasteiger partial charge in [-0.05, 0) is 0 Å². The molecule has 1 atom stereocenters. The maximum atomic E-state index is 12.7. The maximum Gasteiger partial charge on any atom is 0.322 e. The van der Waals surface area contributed by atoms with Crippen molar-refractivity contribution in [2.75, 3.05) is 7.05 Å². The molecule has 1 rings (SSSR count). The Morgan fingerprint density at radius 2 is 2.30 bits per heavy atom. The van der Waals surface area contributed by atoms with E-state index < -0.39 is 12.4 Å². The quantitative estimate of drug-likeness (QED) is 0.526. The molecule has 0 aromatic heterocycles. The summed E-state index contributed by atoms with van der Waals surface area (Å²) in [6.07, 6.45) is 0.386. The van der Waals surface area contributed by atoms with Crippen LogP contribution in [0.5, 0.6) is 0 Å². The van der Waals surface area contributed by atoms with Gasteiger partial charge in [-0.2, -0.15) is 8.78 Å². The second kappa shape index (κ2) is 2.44. The van der Waals surface area contributed by atoms with E-state index in [2.05, 4.69) is 4.74 Å². The predicted molar refractivity (Wildman–Crippen MR) is 32.2 cm³/mol.